The number of hydrogen-bond acceptors (Lipinski definition) is 6. The number of carbonyl (C=O) groups excluding carboxylic acids is 1. The van der Waals surface area contributed by atoms with E-state index in [2.05, 4.69) is 26.5 Å². The number of nitrogens with zero attached hydrogens (tertiary/aromatic N) is 1. The summed E-state index contributed by atoms with van der Waals surface area (Å²) in [6.07, 6.45) is 1.51. The summed E-state index contributed by atoms with van der Waals surface area (Å²) in [5.41, 5.74) is 4.57. The Morgan fingerprint density at radius 3 is 2.41 bits per heavy atom. The molecular formula is C25H24BrClN2O5. The fourth-order valence-electron chi connectivity index (χ4n) is 3.00. The highest BCUT2D eigenvalue weighted by atomic mass is 79.9. The lowest BCUT2D eigenvalue weighted by atomic mass is 10.2. The monoisotopic (exact) mass is 546 g/mol. The predicted molar refractivity (Wildman–Crippen MR) is 136 cm³/mol. The van der Waals surface area contributed by atoms with E-state index in [4.69, 9.17) is 30.5 Å². The van der Waals surface area contributed by atoms with Crippen LogP contribution in [0, 0.1) is 0 Å². The Morgan fingerprint density at radius 2 is 1.74 bits per heavy atom. The number of amides is 1. The molecular weight excluding hydrogens is 524 g/mol. The van der Waals surface area contributed by atoms with Gasteiger partial charge in [0.1, 0.15) is 6.61 Å². The molecule has 9 heteroatoms. The summed E-state index contributed by atoms with van der Waals surface area (Å²) in [6.45, 7) is 2.72. The Hall–Kier alpha value is -3.23. The fourth-order valence-corrected chi connectivity index (χ4v) is 3.70. The number of rotatable bonds is 10. The number of hydrazone groups is 1. The normalized spacial score (nSPS) is 10.7. The number of carbonyl (C=O) groups is 1. The Balaban J connectivity index is 1.68. The molecule has 0 unspecified atom stereocenters. The molecule has 0 aliphatic heterocycles. The van der Waals surface area contributed by atoms with Crippen LogP contribution in [0.3, 0.4) is 0 Å². The van der Waals surface area contributed by atoms with Crippen LogP contribution in [0.2, 0.25) is 5.02 Å². The molecule has 3 aromatic rings. The highest BCUT2D eigenvalue weighted by Crippen LogP contribution is 2.37. The lowest BCUT2D eigenvalue weighted by molar-refractivity contribution is 0.0954. The van der Waals surface area contributed by atoms with Crippen LogP contribution < -0.4 is 24.4 Å². The summed E-state index contributed by atoms with van der Waals surface area (Å²) >= 11 is 9.44. The molecule has 1 N–H and O–H groups in total. The van der Waals surface area contributed by atoms with Crippen molar-refractivity contribution in [3.63, 3.8) is 0 Å². The summed E-state index contributed by atoms with van der Waals surface area (Å²) < 4.78 is 22.9. The molecule has 0 fully saturated rings. The van der Waals surface area contributed by atoms with Gasteiger partial charge < -0.3 is 18.9 Å². The molecule has 0 aromatic heterocycles. The highest BCUT2D eigenvalue weighted by Gasteiger charge is 2.13. The number of ether oxygens (including phenoxy) is 4. The maximum absolute atomic E-state index is 12.5. The minimum atomic E-state index is -0.383. The quantitative estimate of drug-likeness (QED) is 0.254. The topological polar surface area (TPSA) is 78.4 Å². The van der Waals surface area contributed by atoms with Gasteiger partial charge in [0.2, 0.25) is 0 Å². The SMILES string of the molecule is CCOc1ccc(C(=O)N/N=C/c2cc(Br)c(OCc3ccc(Cl)cc3)c(OC)c2)cc1OC. The Labute approximate surface area is 211 Å². The molecule has 0 bridgehead atoms. The molecule has 0 heterocycles. The van der Waals surface area contributed by atoms with Crippen LogP contribution in [0.5, 0.6) is 23.0 Å². The van der Waals surface area contributed by atoms with Crippen molar-refractivity contribution in [3.05, 3.63) is 80.8 Å². The van der Waals surface area contributed by atoms with Crippen LogP contribution in [0.1, 0.15) is 28.4 Å². The molecule has 178 valence electrons. The molecule has 3 aromatic carbocycles. The van der Waals surface area contributed by atoms with Gasteiger partial charge >= 0.3 is 0 Å². The first-order valence-corrected chi connectivity index (χ1v) is 11.5. The first kappa shape index (κ1) is 25.4. The Kier molecular flexibility index (Phi) is 9.18. The van der Waals surface area contributed by atoms with E-state index < -0.39 is 0 Å². The van der Waals surface area contributed by atoms with Crippen molar-refractivity contribution in [2.24, 2.45) is 5.10 Å². The smallest absolute Gasteiger partial charge is 0.271 e. The molecule has 0 saturated carbocycles. The summed E-state index contributed by atoms with van der Waals surface area (Å²) in [5.74, 6) is 1.74. The second kappa shape index (κ2) is 12.3. The van der Waals surface area contributed by atoms with Gasteiger partial charge in [0.15, 0.2) is 23.0 Å². The molecule has 0 aliphatic carbocycles. The van der Waals surface area contributed by atoms with Crippen molar-refractivity contribution >= 4 is 39.7 Å². The number of nitrogens with one attached hydrogen (secondary N) is 1. The van der Waals surface area contributed by atoms with Gasteiger partial charge in [0.05, 0.1) is 31.5 Å². The third-order valence-electron chi connectivity index (χ3n) is 4.65. The van der Waals surface area contributed by atoms with Gasteiger partial charge in [-0.3, -0.25) is 4.79 Å². The summed E-state index contributed by atoms with van der Waals surface area (Å²) in [4.78, 5) is 12.5. The number of hydrogen-bond donors (Lipinski definition) is 1. The molecule has 0 saturated heterocycles. The van der Waals surface area contributed by atoms with E-state index in [1.807, 2.05) is 37.3 Å². The molecule has 3 rings (SSSR count). The van der Waals surface area contributed by atoms with Gasteiger partial charge in [-0.25, -0.2) is 5.43 Å². The zero-order chi connectivity index (χ0) is 24.5. The average molecular weight is 548 g/mol. The predicted octanol–water partition coefficient (Wildman–Crippen LogP) is 5.86. The maximum atomic E-state index is 12.5. The molecule has 0 atom stereocenters. The molecule has 1 amide bonds. The van der Waals surface area contributed by atoms with E-state index in [1.54, 1.807) is 31.4 Å². The first-order valence-electron chi connectivity index (χ1n) is 10.3. The molecule has 0 aliphatic rings. The zero-order valence-electron chi connectivity index (χ0n) is 18.9. The first-order chi connectivity index (χ1) is 16.4. The van der Waals surface area contributed by atoms with Crippen molar-refractivity contribution in [1.29, 1.82) is 0 Å². The van der Waals surface area contributed by atoms with E-state index in [1.165, 1.54) is 13.3 Å². The molecule has 0 radical (unpaired) electrons. The summed E-state index contributed by atoms with van der Waals surface area (Å²) in [6, 6.07) is 15.9. The standard InChI is InChI=1S/C25H24BrClN2O5/c1-4-33-21-10-7-18(13-22(21)31-2)25(30)29-28-14-17-11-20(26)24(23(12-17)32-3)34-15-16-5-8-19(27)9-6-16/h5-14H,4,15H2,1-3H3,(H,29,30)/b28-14+. The number of methoxy groups -OCH3 is 2. The minimum absolute atomic E-state index is 0.348. The van der Waals surface area contributed by atoms with Gasteiger partial charge in [-0.2, -0.15) is 5.10 Å². The van der Waals surface area contributed by atoms with Crippen LogP contribution in [-0.2, 0) is 6.61 Å². The van der Waals surface area contributed by atoms with Crippen LogP contribution in [0.15, 0.2) is 64.2 Å². The Morgan fingerprint density at radius 1 is 1.00 bits per heavy atom. The lowest BCUT2D eigenvalue weighted by Gasteiger charge is -2.13. The number of halogens is 2. The third kappa shape index (κ3) is 6.65. The van der Waals surface area contributed by atoms with Crippen LogP contribution in [0.4, 0.5) is 0 Å². The third-order valence-corrected chi connectivity index (χ3v) is 5.49. The van der Waals surface area contributed by atoms with Crippen molar-refractivity contribution in [1.82, 2.24) is 5.43 Å². The van der Waals surface area contributed by atoms with Crippen LogP contribution in [-0.4, -0.2) is 32.9 Å². The van der Waals surface area contributed by atoms with Crippen molar-refractivity contribution in [2.45, 2.75) is 13.5 Å². The molecule has 34 heavy (non-hydrogen) atoms. The van der Waals surface area contributed by atoms with E-state index >= 15 is 0 Å². The van der Waals surface area contributed by atoms with Gasteiger partial charge in [0.25, 0.3) is 5.91 Å². The van der Waals surface area contributed by atoms with Gasteiger partial charge in [-0.15, -0.1) is 0 Å². The molecule has 7 nitrogen and oxygen atoms in total. The maximum Gasteiger partial charge on any atom is 0.271 e. The largest absolute Gasteiger partial charge is 0.493 e. The van der Waals surface area contributed by atoms with Gasteiger partial charge in [0, 0.05) is 10.6 Å². The number of benzene rings is 3. The van der Waals surface area contributed by atoms with Gasteiger partial charge in [-0.1, -0.05) is 23.7 Å². The van der Waals surface area contributed by atoms with E-state index in [0.29, 0.717) is 56.8 Å². The zero-order valence-corrected chi connectivity index (χ0v) is 21.3. The van der Waals surface area contributed by atoms with Crippen molar-refractivity contribution < 1.29 is 23.7 Å². The van der Waals surface area contributed by atoms with Crippen LogP contribution >= 0.6 is 27.5 Å². The summed E-state index contributed by atoms with van der Waals surface area (Å²) in [5, 5.41) is 4.72. The van der Waals surface area contributed by atoms with E-state index in [9.17, 15) is 4.79 Å². The average Bonchev–Trinajstić information content (AvgIpc) is 2.84. The minimum Gasteiger partial charge on any atom is -0.493 e. The Bertz CT molecular complexity index is 1170. The highest BCUT2D eigenvalue weighted by molar-refractivity contribution is 9.10. The van der Waals surface area contributed by atoms with Gasteiger partial charge in [-0.05, 0) is 76.4 Å². The lowest BCUT2D eigenvalue weighted by Crippen LogP contribution is -2.17. The fraction of sp³-hybridized carbons (Fsp3) is 0.200. The second-order valence-electron chi connectivity index (χ2n) is 6.95. The second-order valence-corrected chi connectivity index (χ2v) is 8.24. The van der Waals surface area contributed by atoms with Crippen LogP contribution in [0.25, 0.3) is 0 Å². The summed E-state index contributed by atoms with van der Waals surface area (Å²) in [7, 11) is 3.07. The van der Waals surface area contributed by atoms with Crippen molar-refractivity contribution in [2.75, 3.05) is 20.8 Å². The van der Waals surface area contributed by atoms with Crippen molar-refractivity contribution in [3.8, 4) is 23.0 Å². The van der Waals surface area contributed by atoms with E-state index in [-0.39, 0.29) is 5.91 Å². The van der Waals surface area contributed by atoms with E-state index in [0.717, 1.165) is 5.56 Å². The molecule has 0 spiro atoms.